The number of hydrogen-bond donors (Lipinski definition) is 2. The molecule has 0 spiro atoms. The van der Waals surface area contributed by atoms with E-state index in [9.17, 15) is 14.7 Å². The lowest BCUT2D eigenvalue weighted by Gasteiger charge is -2.12. The average Bonchev–Trinajstić information content (AvgIpc) is 3.01. The fourth-order valence-corrected chi connectivity index (χ4v) is 3.92. The summed E-state index contributed by atoms with van der Waals surface area (Å²) >= 11 is 7.46. The smallest absolute Gasteiger partial charge is 0.348 e. The molecule has 2 aromatic heterocycles. The number of ether oxygens (including phenoxy) is 2. The first kappa shape index (κ1) is 19.8. The van der Waals surface area contributed by atoms with Crippen molar-refractivity contribution in [3.8, 4) is 5.75 Å². The van der Waals surface area contributed by atoms with Crippen molar-refractivity contribution in [2.45, 2.75) is 13.8 Å². The molecular formula is C18H16ClN3O5S. The van der Waals surface area contributed by atoms with Gasteiger partial charge in [0.15, 0.2) is 0 Å². The number of hydrogen-bond acceptors (Lipinski definition) is 8. The zero-order valence-electron chi connectivity index (χ0n) is 15.2. The average molecular weight is 422 g/mol. The number of thiophene rings is 1. The summed E-state index contributed by atoms with van der Waals surface area (Å²) in [5.74, 6) is -0.984. The lowest BCUT2D eigenvalue weighted by Crippen LogP contribution is -2.04. The molecule has 0 aliphatic carbocycles. The van der Waals surface area contributed by atoms with Crippen molar-refractivity contribution in [1.82, 2.24) is 9.97 Å². The molecule has 0 amide bonds. The molecule has 3 aromatic rings. The van der Waals surface area contributed by atoms with E-state index in [2.05, 4.69) is 15.3 Å². The van der Waals surface area contributed by atoms with E-state index in [1.807, 2.05) is 0 Å². The van der Waals surface area contributed by atoms with Crippen molar-refractivity contribution >= 4 is 56.6 Å². The second kappa shape index (κ2) is 7.99. The van der Waals surface area contributed by atoms with E-state index in [1.54, 1.807) is 13.8 Å². The maximum absolute atomic E-state index is 12.2. The number of aromatic carboxylic acids is 1. The molecule has 0 aliphatic rings. The van der Waals surface area contributed by atoms with Crippen LogP contribution in [0.25, 0.3) is 10.2 Å². The first-order chi connectivity index (χ1) is 13.4. The summed E-state index contributed by atoms with van der Waals surface area (Å²) < 4.78 is 10.2. The largest absolute Gasteiger partial charge is 0.496 e. The summed E-state index contributed by atoms with van der Waals surface area (Å²) in [5, 5.41) is 13.2. The summed E-state index contributed by atoms with van der Waals surface area (Å²) in [5.41, 5.74) is 1.04. The highest BCUT2D eigenvalue weighted by Crippen LogP contribution is 2.37. The first-order valence-electron chi connectivity index (χ1n) is 8.16. The van der Waals surface area contributed by atoms with Gasteiger partial charge >= 0.3 is 11.9 Å². The molecule has 1 aromatic carbocycles. The van der Waals surface area contributed by atoms with Gasteiger partial charge in [-0.1, -0.05) is 11.6 Å². The highest BCUT2D eigenvalue weighted by atomic mass is 35.5. The predicted molar refractivity (Wildman–Crippen MR) is 106 cm³/mol. The van der Waals surface area contributed by atoms with Crippen molar-refractivity contribution in [1.29, 1.82) is 0 Å². The monoisotopic (exact) mass is 421 g/mol. The molecule has 28 heavy (non-hydrogen) atoms. The number of carbonyl (C=O) groups excluding carboxylic acids is 1. The van der Waals surface area contributed by atoms with Crippen LogP contribution < -0.4 is 10.1 Å². The Morgan fingerprint density at radius 1 is 1.32 bits per heavy atom. The molecule has 0 fully saturated rings. The van der Waals surface area contributed by atoms with Gasteiger partial charge in [0.2, 0.25) is 0 Å². The minimum absolute atomic E-state index is 0.0535. The Kier molecular flexibility index (Phi) is 5.66. The molecule has 0 unspecified atom stereocenters. The number of rotatable bonds is 6. The highest BCUT2D eigenvalue weighted by Gasteiger charge is 2.21. The third-order valence-corrected chi connectivity index (χ3v) is 5.45. The van der Waals surface area contributed by atoms with Crippen LogP contribution in [0.2, 0.25) is 5.02 Å². The van der Waals surface area contributed by atoms with E-state index >= 15 is 0 Å². The van der Waals surface area contributed by atoms with Crippen molar-refractivity contribution < 1.29 is 24.2 Å². The number of benzene rings is 1. The van der Waals surface area contributed by atoms with Gasteiger partial charge in [-0.05, 0) is 25.5 Å². The number of carboxylic acid groups (broad SMARTS) is 1. The van der Waals surface area contributed by atoms with Crippen LogP contribution in [0.15, 0.2) is 18.5 Å². The molecule has 10 heteroatoms. The van der Waals surface area contributed by atoms with Crippen LogP contribution in [0.3, 0.4) is 0 Å². The quantitative estimate of drug-likeness (QED) is 0.567. The predicted octanol–water partition coefficient (Wildman–Crippen LogP) is 4.28. The number of carbonyl (C=O) groups is 2. The number of anilines is 2. The summed E-state index contributed by atoms with van der Waals surface area (Å²) in [7, 11) is 1.37. The third kappa shape index (κ3) is 3.58. The molecule has 8 nitrogen and oxygen atoms in total. The molecule has 0 atom stereocenters. The molecule has 0 aliphatic heterocycles. The Hall–Kier alpha value is -2.91. The van der Waals surface area contributed by atoms with Crippen molar-refractivity contribution in [3.05, 3.63) is 39.5 Å². The molecule has 0 saturated carbocycles. The fourth-order valence-electron chi connectivity index (χ4n) is 2.67. The Labute approximate surface area is 169 Å². The Balaban J connectivity index is 2.08. The van der Waals surface area contributed by atoms with Crippen LogP contribution in [-0.4, -0.2) is 40.7 Å². The molecule has 0 bridgehead atoms. The van der Waals surface area contributed by atoms with Crippen LogP contribution in [0.5, 0.6) is 5.75 Å². The van der Waals surface area contributed by atoms with E-state index in [1.165, 1.54) is 36.9 Å². The molecular weight excluding hydrogens is 406 g/mol. The van der Waals surface area contributed by atoms with Gasteiger partial charge in [-0.15, -0.1) is 11.3 Å². The summed E-state index contributed by atoms with van der Waals surface area (Å²) in [6.07, 6.45) is 1.37. The van der Waals surface area contributed by atoms with Crippen molar-refractivity contribution in [2.24, 2.45) is 0 Å². The zero-order chi connectivity index (χ0) is 20.4. The lowest BCUT2D eigenvalue weighted by atomic mass is 10.1. The standard InChI is InChI=1S/C18H16ClN3O5S/c1-4-27-18(25)14-8(2)13-15(20-7-21-16(13)28-14)22-11-6-12(26-3)9(17(23)24)5-10(11)19/h5-7H,4H2,1-3H3,(H,23,24)(H,20,21,22). The number of esters is 1. The van der Waals surface area contributed by atoms with E-state index < -0.39 is 11.9 Å². The molecule has 0 saturated heterocycles. The summed E-state index contributed by atoms with van der Waals surface area (Å²) in [4.78, 5) is 33.0. The van der Waals surface area contributed by atoms with E-state index in [4.69, 9.17) is 21.1 Å². The third-order valence-electron chi connectivity index (χ3n) is 3.96. The minimum atomic E-state index is -1.15. The van der Waals surface area contributed by atoms with Gasteiger partial charge in [-0.2, -0.15) is 0 Å². The van der Waals surface area contributed by atoms with E-state index in [0.717, 1.165) is 0 Å². The van der Waals surface area contributed by atoms with Gasteiger partial charge in [0, 0.05) is 6.07 Å². The number of nitrogens with zero attached hydrogens (tertiary/aromatic N) is 2. The van der Waals surface area contributed by atoms with Crippen LogP contribution in [0, 0.1) is 6.92 Å². The summed E-state index contributed by atoms with van der Waals surface area (Å²) in [6.45, 7) is 3.80. The van der Waals surface area contributed by atoms with E-state index in [0.29, 0.717) is 32.2 Å². The number of aromatic nitrogens is 2. The van der Waals surface area contributed by atoms with Gasteiger partial charge in [0.25, 0.3) is 0 Å². The number of nitrogens with one attached hydrogen (secondary N) is 1. The number of fused-ring (bicyclic) bond motifs is 1. The lowest BCUT2D eigenvalue weighted by molar-refractivity contribution is 0.0531. The normalized spacial score (nSPS) is 10.7. The first-order valence-corrected chi connectivity index (χ1v) is 9.35. The van der Waals surface area contributed by atoms with Crippen LogP contribution in [0.4, 0.5) is 11.5 Å². The maximum Gasteiger partial charge on any atom is 0.348 e. The van der Waals surface area contributed by atoms with Crippen LogP contribution in [0.1, 0.15) is 32.5 Å². The second-order valence-corrected chi connectivity index (χ2v) is 7.05. The number of halogens is 1. The van der Waals surface area contributed by atoms with Crippen LogP contribution in [-0.2, 0) is 4.74 Å². The van der Waals surface area contributed by atoms with E-state index in [-0.39, 0.29) is 22.9 Å². The molecule has 0 radical (unpaired) electrons. The zero-order valence-corrected chi connectivity index (χ0v) is 16.8. The Morgan fingerprint density at radius 2 is 2.07 bits per heavy atom. The maximum atomic E-state index is 12.2. The number of carboxylic acids is 1. The number of methoxy groups -OCH3 is 1. The molecule has 146 valence electrons. The van der Waals surface area contributed by atoms with Gasteiger partial charge in [0.05, 0.1) is 29.8 Å². The molecule has 2 heterocycles. The Morgan fingerprint density at radius 3 is 2.71 bits per heavy atom. The summed E-state index contributed by atoms with van der Waals surface area (Å²) in [6, 6.07) is 2.78. The van der Waals surface area contributed by atoms with Gasteiger partial charge < -0.3 is 19.9 Å². The fraction of sp³-hybridized carbons (Fsp3) is 0.222. The minimum Gasteiger partial charge on any atom is -0.496 e. The van der Waals surface area contributed by atoms with Crippen LogP contribution >= 0.6 is 22.9 Å². The van der Waals surface area contributed by atoms with Crippen molar-refractivity contribution in [3.63, 3.8) is 0 Å². The van der Waals surface area contributed by atoms with Crippen molar-refractivity contribution in [2.75, 3.05) is 19.0 Å². The second-order valence-electron chi connectivity index (χ2n) is 5.64. The topological polar surface area (TPSA) is 111 Å². The van der Waals surface area contributed by atoms with Gasteiger partial charge in [0.1, 0.15) is 33.2 Å². The Bertz CT molecular complexity index is 1080. The SMILES string of the molecule is CCOC(=O)c1sc2ncnc(Nc3cc(OC)c(C(=O)O)cc3Cl)c2c1C. The van der Waals surface area contributed by atoms with Gasteiger partial charge in [-0.25, -0.2) is 19.6 Å². The highest BCUT2D eigenvalue weighted by molar-refractivity contribution is 7.20. The number of aryl methyl sites for hydroxylation is 1. The van der Waals surface area contributed by atoms with Gasteiger partial charge in [-0.3, -0.25) is 0 Å². The molecule has 2 N–H and O–H groups in total. The molecule has 3 rings (SSSR count).